The lowest BCUT2D eigenvalue weighted by Gasteiger charge is -2.35. The first-order valence-electron chi connectivity index (χ1n) is 15.9. The third-order valence-electron chi connectivity index (χ3n) is 8.32. The number of hydrogen-bond donors (Lipinski definition) is 2. The molecule has 0 aliphatic carbocycles. The maximum Gasteiger partial charge on any atom is 0.261 e. The number of sulfonamides is 2. The van der Waals surface area contributed by atoms with Gasteiger partial charge in [-0.15, -0.1) is 0 Å². The number of likely N-dealkylation sites (N-methyl/N-ethyl adjacent to an activating group) is 1. The molecule has 1 aliphatic rings. The monoisotopic (exact) mass is 705 g/mol. The van der Waals surface area contributed by atoms with E-state index in [0.717, 1.165) is 30.7 Å². The fourth-order valence-electron chi connectivity index (χ4n) is 5.40. The molecule has 14 heteroatoms. The highest BCUT2D eigenvalue weighted by atomic mass is 32.2. The van der Waals surface area contributed by atoms with Crippen molar-refractivity contribution in [3.05, 3.63) is 84.2 Å². The van der Waals surface area contributed by atoms with Crippen LogP contribution in [0.5, 0.6) is 5.75 Å². The van der Waals surface area contributed by atoms with Gasteiger partial charge in [0.25, 0.3) is 15.9 Å². The molecule has 3 aromatic rings. The molecule has 262 valence electrons. The number of rotatable bonds is 9. The molecule has 1 aliphatic heterocycles. The zero-order chi connectivity index (χ0) is 35.1. The molecule has 0 unspecified atom stereocenters. The third kappa shape index (κ3) is 9.32. The topological polar surface area (TPSA) is 143 Å². The van der Waals surface area contributed by atoms with E-state index >= 15 is 0 Å². The average Bonchev–Trinajstić information content (AvgIpc) is 3.06. The Bertz CT molecular complexity index is 1740. The van der Waals surface area contributed by atoms with E-state index in [1.807, 2.05) is 13.8 Å². The molecule has 4 rings (SSSR count). The number of carbonyl (C=O) groups excluding carboxylic acids is 1. The third-order valence-corrected chi connectivity index (χ3v) is 11.6. The molecular formula is C34H44FN3O8S2. The first-order chi connectivity index (χ1) is 22.7. The molecule has 0 fully saturated rings. The minimum atomic E-state index is -4.12. The molecule has 4 atom stereocenters. The van der Waals surface area contributed by atoms with Gasteiger partial charge in [0, 0.05) is 38.3 Å². The summed E-state index contributed by atoms with van der Waals surface area (Å²) in [5, 5.41) is 10.2. The lowest BCUT2D eigenvalue weighted by molar-refractivity contribution is -0.00833. The van der Waals surface area contributed by atoms with E-state index in [-0.39, 0.29) is 58.5 Å². The van der Waals surface area contributed by atoms with Crippen LogP contribution >= 0.6 is 0 Å². The second kappa shape index (κ2) is 16.2. The van der Waals surface area contributed by atoms with Crippen LogP contribution in [0.3, 0.4) is 0 Å². The Kier molecular flexibility index (Phi) is 12.6. The van der Waals surface area contributed by atoms with Gasteiger partial charge in [-0.25, -0.2) is 21.2 Å². The van der Waals surface area contributed by atoms with Crippen molar-refractivity contribution in [2.45, 2.75) is 68.1 Å². The predicted molar refractivity (Wildman–Crippen MR) is 180 cm³/mol. The minimum Gasteiger partial charge on any atom is -0.490 e. The molecule has 48 heavy (non-hydrogen) atoms. The molecular weight excluding hydrogens is 662 g/mol. The van der Waals surface area contributed by atoms with Gasteiger partial charge < -0.3 is 19.5 Å². The summed E-state index contributed by atoms with van der Waals surface area (Å²) in [6.45, 7) is 5.53. The molecule has 3 aromatic carbocycles. The van der Waals surface area contributed by atoms with Crippen LogP contribution in [-0.4, -0.2) is 88.7 Å². The molecule has 1 heterocycles. The van der Waals surface area contributed by atoms with E-state index in [1.54, 1.807) is 25.1 Å². The number of fused-ring (bicyclic) bond motifs is 1. The number of benzene rings is 3. The molecule has 0 saturated carbocycles. The number of amides is 1. The summed E-state index contributed by atoms with van der Waals surface area (Å²) in [7, 11) is -6.44. The van der Waals surface area contributed by atoms with Gasteiger partial charge in [0.05, 0.1) is 40.2 Å². The molecule has 0 aromatic heterocycles. The van der Waals surface area contributed by atoms with Crippen LogP contribution in [0.2, 0.25) is 0 Å². The smallest absolute Gasteiger partial charge is 0.261 e. The van der Waals surface area contributed by atoms with E-state index in [2.05, 4.69) is 4.72 Å². The second-order valence-corrected chi connectivity index (χ2v) is 15.9. The van der Waals surface area contributed by atoms with Gasteiger partial charge in [0.15, 0.2) is 0 Å². The number of nitrogens with one attached hydrogen (secondary N) is 1. The summed E-state index contributed by atoms with van der Waals surface area (Å²) in [6.07, 6.45) is 1.17. The number of aliphatic hydroxyl groups excluding tert-OH is 1. The summed E-state index contributed by atoms with van der Waals surface area (Å²) in [5.41, 5.74) is 0.161. The number of hydrogen-bond acceptors (Lipinski definition) is 8. The van der Waals surface area contributed by atoms with Crippen LogP contribution in [0.4, 0.5) is 10.1 Å². The Morgan fingerprint density at radius 1 is 1.00 bits per heavy atom. The highest BCUT2D eigenvalue weighted by Gasteiger charge is 2.32. The minimum absolute atomic E-state index is 0.0271. The number of nitrogens with zero attached hydrogens (tertiary/aromatic N) is 2. The molecule has 0 radical (unpaired) electrons. The summed E-state index contributed by atoms with van der Waals surface area (Å²) < 4.78 is 82.5. The standard InChI is InChI=1S/C34H44FN3O8S2/c1-24-21-38(25(2)23-39)34(40)31-20-28(36-47(41,42)29-16-13-27(35)14-17-29)15-18-32(31)46-26(3)10-8-9-19-45-33(24)22-37(4)48(43,44)30-11-6-5-7-12-30/h5-7,11-18,20,24-26,33,36,39H,8-10,19,21-23H2,1-4H3/t24-,25-,26+,33+/m0/s1. The van der Waals surface area contributed by atoms with E-state index in [4.69, 9.17) is 9.47 Å². The largest absolute Gasteiger partial charge is 0.490 e. The zero-order valence-electron chi connectivity index (χ0n) is 27.6. The number of ether oxygens (including phenoxy) is 2. The van der Waals surface area contributed by atoms with Gasteiger partial charge in [-0.1, -0.05) is 25.1 Å². The predicted octanol–water partition coefficient (Wildman–Crippen LogP) is 4.74. The fourth-order valence-corrected chi connectivity index (χ4v) is 7.65. The number of anilines is 1. The number of halogens is 1. The van der Waals surface area contributed by atoms with Gasteiger partial charge in [0.1, 0.15) is 11.6 Å². The Morgan fingerprint density at radius 2 is 1.69 bits per heavy atom. The van der Waals surface area contributed by atoms with Crippen molar-refractivity contribution in [1.82, 2.24) is 9.21 Å². The molecule has 11 nitrogen and oxygen atoms in total. The van der Waals surface area contributed by atoms with Gasteiger partial charge in [-0.3, -0.25) is 9.52 Å². The van der Waals surface area contributed by atoms with Crippen LogP contribution in [0, 0.1) is 11.7 Å². The molecule has 0 spiro atoms. The van der Waals surface area contributed by atoms with Crippen molar-refractivity contribution >= 4 is 31.6 Å². The molecule has 1 amide bonds. The lowest BCUT2D eigenvalue weighted by atomic mass is 10.0. The Hall–Kier alpha value is -3.56. The van der Waals surface area contributed by atoms with E-state index in [1.165, 1.54) is 46.6 Å². The van der Waals surface area contributed by atoms with Crippen molar-refractivity contribution in [1.29, 1.82) is 0 Å². The van der Waals surface area contributed by atoms with Crippen molar-refractivity contribution in [3.8, 4) is 5.75 Å². The zero-order valence-corrected chi connectivity index (χ0v) is 29.2. The Balaban J connectivity index is 1.68. The summed E-state index contributed by atoms with van der Waals surface area (Å²) in [4.78, 5) is 15.8. The maximum atomic E-state index is 14.3. The maximum absolute atomic E-state index is 14.3. The Labute approximate surface area is 282 Å². The Morgan fingerprint density at radius 3 is 2.35 bits per heavy atom. The van der Waals surface area contributed by atoms with Gasteiger partial charge in [0.2, 0.25) is 10.0 Å². The summed E-state index contributed by atoms with van der Waals surface area (Å²) in [5.74, 6) is -1.24. The van der Waals surface area contributed by atoms with Crippen LogP contribution in [0.15, 0.2) is 82.6 Å². The van der Waals surface area contributed by atoms with Gasteiger partial charge >= 0.3 is 0 Å². The average molecular weight is 706 g/mol. The number of carbonyl (C=O) groups is 1. The van der Waals surface area contributed by atoms with E-state index in [9.17, 15) is 31.1 Å². The van der Waals surface area contributed by atoms with Crippen molar-refractivity contribution in [3.63, 3.8) is 0 Å². The second-order valence-electron chi connectivity index (χ2n) is 12.2. The first-order valence-corrected chi connectivity index (χ1v) is 18.8. The SMILES string of the molecule is C[C@@H]1CCCCO[C@H](CN(C)S(=O)(=O)c2ccccc2)[C@@H](C)CN([C@@H](C)CO)C(=O)c2cc(NS(=O)(=O)c3ccc(F)cc3)ccc2O1. The summed E-state index contributed by atoms with van der Waals surface area (Å²) in [6, 6.07) is 16.2. The van der Waals surface area contributed by atoms with Crippen LogP contribution < -0.4 is 9.46 Å². The van der Waals surface area contributed by atoms with E-state index in [0.29, 0.717) is 19.4 Å². The van der Waals surface area contributed by atoms with Crippen LogP contribution in [0.25, 0.3) is 0 Å². The molecule has 0 saturated heterocycles. The van der Waals surface area contributed by atoms with Gasteiger partial charge in [-0.2, -0.15) is 4.31 Å². The number of aliphatic hydroxyl groups is 1. The quantitative estimate of drug-likeness (QED) is 0.325. The normalized spacial score (nSPS) is 20.8. The van der Waals surface area contributed by atoms with Crippen LogP contribution in [-0.2, 0) is 24.8 Å². The highest BCUT2D eigenvalue weighted by molar-refractivity contribution is 7.92. The fraction of sp³-hybridized carbons (Fsp3) is 0.441. The van der Waals surface area contributed by atoms with E-state index < -0.39 is 43.9 Å². The molecule has 2 N–H and O–H groups in total. The van der Waals surface area contributed by atoms with Crippen molar-refractivity contribution in [2.75, 3.05) is 38.1 Å². The lowest BCUT2D eigenvalue weighted by Crippen LogP contribution is -2.48. The summed E-state index contributed by atoms with van der Waals surface area (Å²) >= 11 is 0. The van der Waals surface area contributed by atoms with Crippen molar-refractivity contribution in [2.24, 2.45) is 5.92 Å². The van der Waals surface area contributed by atoms with Gasteiger partial charge in [-0.05, 0) is 87.7 Å². The molecule has 0 bridgehead atoms. The van der Waals surface area contributed by atoms with Crippen molar-refractivity contribution < 1.29 is 40.6 Å². The van der Waals surface area contributed by atoms with Crippen LogP contribution in [0.1, 0.15) is 50.4 Å². The highest BCUT2D eigenvalue weighted by Crippen LogP contribution is 2.30. The first kappa shape index (κ1) is 37.3.